The van der Waals surface area contributed by atoms with Gasteiger partial charge in [0.2, 0.25) is 0 Å². The largest absolute Gasteiger partial charge is 0.341 e. The van der Waals surface area contributed by atoms with Crippen LogP contribution in [0.4, 0.5) is 4.79 Å². The molecule has 0 unspecified atom stereocenters. The Morgan fingerprint density at radius 3 is 2.27 bits per heavy atom. The molecule has 1 saturated heterocycles. The number of likely N-dealkylation sites (tertiary alicyclic amines) is 1. The van der Waals surface area contributed by atoms with E-state index >= 15 is 0 Å². The molecular formula is C7H14N2O2. The third-order valence-electron chi connectivity index (χ3n) is 2.28. The minimum atomic E-state index is -0.387. The molecule has 4 heteroatoms. The molecule has 0 aliphatic carbocycles. The lowest BCUT2D eigenvalue weighted by Crippen LogP contribution is -2.43. The molecule has 1 rings (SSSR count). The second kappa shape index (κ2) is 3.09. The number of rotatable bonds is 0. The lowest BCUT2D eigenvalue weighted by Gasteiger charge is -2.24. The van der Waals surface area contributed by atoms with Gasteiger partial charge < -0.3 is 4.90 Å². The fraction of sp³-hybridized carbons (Fsp3) is 0.857. The van der Waals surface area contributed by atoms with Crippen LogP contribution < -0.4 is 5.48 Å². The first-order valence-corrected chi connectivity index (χ1v) is 3.89. The molecule has 11 heavy (non-hydrogen) atoms. The summed E-state index contributed by atoms with van der Waals surface area (Å²) in [5.41, 5.74) is 1.65. The Kier molecular flexibility index (Phi) is 2.34. The average molecular weight is 158 g/mol. The Bertz CT molecular complexity index is 151. The van der Waals surface area contributed by atoms with Crippen molar-refractivity contribution in [3.05, 3.63) is 0 Å². The molecule has 0 aromatic heterocycles. The van der Waals surface area contributed by atoms with Crippen LogP contribution in [-0.2, 0) is 0 Å². The van der Waals surface area contributed by atoms with Gasteiger partial charge in [0.15, 0.2) is 0 Å². The first-order chi connectivity index (χ1) is 5.16. The van der Waals surface area contributed by atoms with Gasteiger partial charge in [-0.05, 0) is 26.7 Å². The highest BCUT2D eigenvalue weighted by atomic mass is 16.5. The van der Waals surface area contributed by atoms with E-state index in [-0.39, 0.29) is 18.1 Å². The lowest BCUT2D eigenvalue weighted by atomic mass is 10.2. The van der Waals surface area contributed by atoms with E-state index in [1.807, 2.05) is 13.8 Å². The number of hydrogen-bond donors (Lipinski definition) is 2. The van der Waals surface area contributed by atoms with Crippen LogP contribution in [0, 0.1) is 0 Å². The highest BCUT2D eigenvalue weighted by Gasteiger charge is 2.30. The minimum Gasteiger partial charge on any atom is -0.318 e. The number of nitrogens with one attached hydrogen (secondary N) is 1. The Morgan fingerprint density at radius 2 is 1.91 bits per heavy atom. The summed E-state index contributed by atoms with van der Waals surface area (Å²) < 4.78 is 0. The van der Waals surface area contributed by atoms with Crippen LogP contribution in [0.15, 0.2) is 0 Å². The van der Waals surface area contributed by atoms with Crippen LogP contribution in [0.1, 0.15) is 26.7 Å². The highest BCUT2D eigenvalue weighted by molar-refractivity contribution is 5.73. The summed E-state index contributed by atoms with van der Waals surface area (Å²) >= 11 is 0. The summed E-state index contributed by atoms with van der Waals surface area (Å²) in [5.74, 6) is 0. The number of carbonyl (C=O) groups is 1. The second-order valence-electron chi connectivity index (χ2n) is 3.10. The molecule has 64 valence electrons. The molecule has 0 aromatic rings. The monoisotopic (exact) mass is 158 g/mol. The first-order valence-electron chi connectivity index (χ1n) is 3.89. The molecule has 1 aliphatic heterocycles. The van der Waals surface area contributed by atoms with Crippen molar-refractivity contribution < 1.29 is 10.0 Å². The summed E-state index contributed by atoms with van der Waals surface area (Å²) in [6.45, 7) is 3.97. The van der Waals surface area contributed by atoms with E-state index in [2.05, 4.69) is 0 Å². The predicted molar refractivity (Wildman–Crippen MR) is 40.3 cm³/mol. The van der Waals surface area contributed by atoms with Crippen LogP contribution >= 0.6 is 0 Å². The third-order valence-corrected chi connectivity index (χ3v) is 2.28. The maximum atomic E-state index is 11.0. The zero-order valence-corrected chi connectivity index (χ0v) is 6.87. The van der Waals surface area contributed by atoms with Crippen molar-refractivity contribution in [2.75, 3.05) is 0 Å². The van der Waals surface area contributed by atoms with Crippen molar-refractivity contribution in [1.29, 1.82) is 0 Å². The van der Waals surface area contributed by atoms with E-state index in [1.165, 1.54) is 0 Å². The molecular weight excluding hydrogens is 144 g/mol. The fourth-order valence-corrected chi connectivity index (χ4v) is 1.65. The quantitative estimate of drug-likeness (QED) is 0.407. The van der Waals surface area contributed by atoms with Crippen molar-refractivity contribution in [2.24, 2.45) is 0 Å². The number of urea groups is 1. The van der Waals surface area contributed by atoms with Crippen molar-refractivity contribution in [2.45, 2.75) is 38.8 Å². The van der Waals surface area contributed by atoms with Crippen LogP contribution in [0.5, 0.6) is 0 Å². The van der Waals surface area contributed by atoms with E-state index in [0.717, 1.165) is 12.8 Å². The molecule has 0 radical (unpaired) electrons. The zero-order chi connectivity index (χ0) is 8.43. The average Bonchev–Trinajstić information content (AvgIpc) is 2.30. The smallest absolute Gasteiger partial charge is 0.318 e. The van der Waals surface area contributed by atoms with Gasteiger partial charge in [0.05, 0.1) is 0 Å². The Balaban J connectivity index is 2.60. The Labute approximate surface area is 66.1 Å². The molecule has 1 heterocycles. The standard InChI is InChI=1S/C7H14N2O2/c1-5-3-4-6(2)9(5)7(10)8-11/h5-6,11H,3-4H2,1-2H3,(H,8,10)/t5-,6-/m1/s1. The van der Waals surface area contributed by atoms with Gasteiger partial charge in [0.1, 0.15) is 0 Å². The topological polar surface area (TPSA) is 52.6 Å². The molecule has 2 amide bonds. The van der Waals surface area contributed by atoms with Crippen LogP contribution in [0.25, 0.3) is 0 Å². The van der Waals surface area contributed by atoms with E-state index in [1.54, 1.807) is 10.4 Å². The van der Waals surface area contributed by atoms with Gasteiger partial charge in [-0.1, -0.05) is 0 Å². The maximum Gasteiger partial charge on any atom is 0.341 e. The Hall–Kier alpha value is -0.770. The second-order valence-corrected chi connectivity index (χ2v) is 3.10. The van der Waals surface area contributed by atoms with E-state index in [4.69, 9.17) is 5.21 Å². The van der Waals surface area contributed by atoms with Gasteiger partial charge in [-0.3, -0.25) is 5.21 Å². The zero-order valence-electron chi connectivity index (χ0n) is 6.87. The van der Waals surface area contributed by atoms with Crippen molar-refractivity contribution >= 4 is 6.03 Å². The predicted octanol–water partition coefficient (Wildman–Crippen LogP) is 0.958. The number of carbonyl (C=O) groups excluding carboxylic acids is 1. The first kappa shape index (κ1) is 8.33. The van der Waals surface area contributed by atoms with E-state index < -0.39 is 0 Å². The molecule has 1 fully saturated rings. The summed E-state index contributed by atoms with van der Waals surface area (Å²) in [4.78, 5) is 12.7. The minimum absolute atomic E-state index is 0.247. The van der Waals surface area contributed by atoms with E-state index in [9.17, 15) is 4.79 Å². The van der Waals surface area contributed by atoms with Crippen molar-refractivity contribution in [3.63, 3.8) is 0 Å². The van der Waals surface area contributed by atoms with Crippen molar-refractivity contribution in [1.82, 2.24) is 10.4 Å². The molecule has 2 atom stereocenters. The Morgan fingerprint density at radius 1 is 1.45 bits per heavy atom. The van der Waals surface area contributed by atoms with Gasteiger partial charge in [0.25, 0.3) is 0 Å². The van der Waals surface area contributed by atoms with Crippen LogP contribution in [0.2, 0.25) is 0 Å². The van der Waals surface area contributed by atoms with Gasteiger partial charge in [0, 0.05) is 12.1 Å². The van der Waals surface area contributed by atoms with E-state index in [0.29, 0.717) is 0 Å². The summed E-state index contributed by atoms with van der Waals surface area (Å²) in [5, 5.41) is 8.39. The number of hydrogen-bond acceptors (Lipinski definition) is 2. The summed E-state index contributed by atoms with van der Waals surface area (Å²) in [6.07, 6.45) is 2.04. The van der Waals surface area contributed by atoms with Gasteiger partial charge in [-0.2, -0.15) is 0 Å². The number of amides is 2. The number of nitrogens with zero attached hydrogens (tertiary/aromatic N) is 1. The lowest BCUT2D eigenvalue weighted by molar-refractivity contribution is 0.117. The third kappa shape index (κ3) is 1.45. The molecule has 4 nitrogen and oxygen atoms in total. The summed E-state index contributed by atoms with van der Waals surface area (Å²) in [7, 11) is 0. The summed E-state index contributed by atoms with van der Waals surface area (Å²) in [6, 6.07) is 0.108. The van der Waals surface area contributed by atoms with Gasteiger partial charge in [-0.15, -0.1) is 0 Å². The molecule has 0 aromatic carbocycles. The number of hydroxylamine groups is 1. The van der Waals surface area contributed by atoms with Crippen molar-refractivity contribution in [3.8, 4) is 0 Å². The van der Waals surface area contributed by atoms with Crippen LogP contribution in [0.3, 0.4) is 0 Å². The molecule has 0 bridgehead atoms. The van der Waals surface area contributed by atoms with Crippen LogP contribution in [-0.4, -0.2) is 28.2 Å². The molecule has 2 N–H and O–H groups in total. The highest BCUT2D eigenvalue weighted by Crippen LogP contribution is 2.22. The molecule has 0 saturated carbocycles. The van der Waals surface area contributed by atoms with Gasteiger partial charge >= 0.3 is 6.03 Å². The fourth-order valence-electron chi connectivity index (χ4n) is 1.65. The van der Waals surface area contributed by atoms with Gasteiger partial charge in [-0.25, -0.2) is 10.3 Å². The SMILES string of the molecule is C[C@@H]1CC[C@@H](C)N1C(=O)NO. The molecule has 1 aliphatic rings. The molecule has 0 spiro atoms. The normalized spacial score (nSPS) is 30.6. The maximum absolute atomic E-state index is 11.0.